The van der Waals surface area contributed by atoms with Crippen LogP contribution in [0.25, 0.3) is 0 Å². The van der Waals surface area contributed by atoms with Crippen molar-refractivity contribution in [2.45, 2.75) is 26.4 Å². The SMILES string of the molecule is CC(C)C(=O)/C=C/CN1CCC(F)C1. The lowest BCUT2D eigenvalue weighted by atomic mass is 10.1. The zero-order chi connectivity index (χ0) is 10.6. The van der Waals surface area contributed by atoms with Gasteiger partial charge in [-0.2, -0.15) is 0 Å². The number of nitrogens with zero attached hydrogens (tertiary/aromatic N) is 1. The summed E-state index contributed by atoms with van der Waals surface area (Å²) in [6, 6.07) is 0. The second kappa shape index (κ2) is 5.25. The number of allylic oxidation sites excluding steroid dienone is 1. The summed E-state index contributed by atoms with van der Waals surface area (Å²) in [7, 11) is 0. The summed E-state index contributed by atoms with van der Waals surface area (Å²) in [5, 5.41) is 0. The first-order valence-corrected chi connectivity index (χ1v) is 5.16. The van der Waals surface area contributed by atoms with E-state index in [0.717, 1.165) is 6.54 Å². The highest BCUT2D eigenvalue weighted by molar-refractivity contribution is 5.91. The second-order valence-electron chi connectivity index (χ2n) is 4.10. The highest BCUT2D eigenvalue weighted by atomic mass is 19.1. The van der Waals surface area contributed by atoms with Crippen LogP contribution in [0.3, 0.4) is 0 Å². The number of hydrogen-bond acceptors (Lipinski definition) is 2. The minimum Gasteiger partial charge on any atom is -0.297 e. The Bertz CT molecular complexity index is 225. The van der Waals surface area contributed by atoms with E-state index in [1.807, 2.05) is 24.8 Å². The van der Waals surface area contributed by atoms with Gasteiger partial charge in [-0.15, -0.1) is 0 Å². The maximum atomic E-state index is 12.8. The largest absolute Gasteiger partial charge is 0.297 e. The second-order valence-corrected chi connectivity index (χ2v) is 4.10. The van der Waals surface area contributed by atoms with Crippen molar-refractivity contribution in [2.75, 3.05) is 19.6 Å². The number of carbonyl (C=O) groups is 1. The Hall–Kier alpha value is -0.700. The number of carbonyl (C=O) groups excluding carboxylic acids is 1. The van der Waals surface area contributed by atoms with E-state index >= 15 is 0 Å². The Morgan fingerprint density at radius 1 is 1.64 bits per heavy atom. The smallest absolute Gasteiger partial charge is 0.157 e. The number of alkyl halides is 1. The summed E-state index contributed by atoms with van der Waals surface area (Å²) in [5.41, 5.74) is 0. The summed E-state index contributed by atoms with van der Waals surface area (Å²) in [4.78, 5) is 13.2. The molecule has 0 amide bonds. The average molecular weight is 199 g/mol. The van der Waals surface area contributed by atoms with Crippen LogP contribution in [-0.2, 0) is 4.79 Å². The van der Waals surface area contributed by atoms with E-state index < -0.39 is 6.17 Å². The van der Waals surface area contributed by atoms with Crippen molar-refractivity contribution in [1.29, 1.82) is 0 Å². The third-order valence-corrected chi connectivity index (χ3v) is 2.43. The van der Waals surface area contributed by atoms with Gasteiger partial charge < -0.3 is 0 Å². The molecule has 1 rings (SSSR count). The fourth-order valence-corrected chi connectivity index (χ4v) is 1.46. The lowest BCUT2D eigenvalue weighted by Crippen LogP contribution is -2.21. The van der Waals surface area contributed by atoms with Crippen molar-refractivity contribution >= 4 is 5.78 Å². The van der Waals surface area contributed by atoms with E-state index in [0.29, 0.717) is 19.5 Å². The van der Waals surface area contributed by atoms with Crippen LogP contribution in [0.15, 0.2) is 12.2 Å². The van der Waals surface area contributed by atoms with Crippen molar-refractivity contribution in [3.05, 3.63) is 12.2 Å². The van der Waals surface area contributed by atoms with E-state index in [4.69, 9.17) is 0 Å². The Morgan fingerprint density at radius 2 is 2.36 bits per heavy atom. The molecule has 2 nitrogen and oxygen atoms in total. The summed E-state index contributed by atoms with van der Waals surface area (Å²) >= 11 is 0. The molecule has 1 aliphatic heterocycles. The molecule has 14 heavy (non-hydrogen) atoms. The van der Waals surface area contributed by atoms with Gasteiger partial charge in [-0.05, 0) is 12.5 Å². The predicted molar refractivity (Wildman–Crippen MR) is 54.9 cm³/mol. The maximum Gasteiger partial charge on any atom is 0.157 e. The van der Waals surface area contributed by atoms with Crippen LogP contribution in [0.4, 0.5) is 4.39 Å². The van der Waals surface area contributed by atoms with Crippen molar-refractivity contribution in [2.24, 2.45) is 5.92 Å². The Balaban J connectivity index is 2.23. The van der Waals surface area contributed by atoms with E-state index in [9.17, 15) is 9.18 Å². The van der Waals surface area contributed by atoms with E-state index in [1.54, 1.807) is 6.08 Å². The molecular formula is C11H18FNO. The molecule has 0 saturated carbocycles. The van der Waals surface area contributed by atoms with E-state index in [1.165, 1.54) is 0 Å². The number of rotatable bonds is 4. The first kappa shape index (κ1) is 11.4. The lowest BCUT2D eigenvalue weighted by molar-refractivity contribution is -0.117. The molecule has 3 heteroatoms. The normalized spacial score (nSPS) is 23.9. The molecular weight excluding hydrogens is 181 g/mol. The van der Waals surface area contributed by atoms with Gasteiger partial charge in [0.15, 0.2) is 5.78 Å². The molecule has 1 unspecified atom stereocenters. The molecule has 0 aliphatic carbocycles. The van der Waals surface area contributed by atoms with Crippen LogP contribution in [0.5, 0.6) is 0 Å². The van der Waals surface area contributed by atoms with Crippen LogP contribution < -0.4 is 0 Å². The predicted octanol–water partition coefficient (Wildman–Crippen LogP) is 1.81. The van der Waals surface area contributed by atoms with Gasteiger partial charge in [-0.1, -0.05) is 19.9 Å². The molecule has 0 aromatic rings. The number of halogens is 1. The molecule has 1 aliphatic rings. The number of likely N-dealkylation sites (tertiary alicyclic amines) is 1. The minimum absolute atomic E-state index is 0.0544. The summed E-state index contributed by atoms with van der Waals surface area (Å²) < 4.78 is 12.8. The van der Waals surface area contributed by atoms with Gasteiger partial charge in [-0.3, -0.25) is 9.69 Å². The number of hydrogen-bond donors (Lipinski definition) is 0. The third kappa shape index (κ3) is 3.58. The van der Waals surface area contributed by atoms with Gasteiger partial charge in [0.2, 0.25) is 0 Å². The summed E-state index contributed by atoms with van der Waals surface area (Å²) in [6.07, 6.45) is 3.40. The molecule has 0 aromatic carbocycles. The van der Waals surface area contributed by atoms with Gasteiger partial charge in [0.05, 0.1) is 0 Å². The minimum atomic E-state index is -0.677. The molecule has 0 bridgehead atoms. The molecule has 1 heterocycles. The first-order chi connectivity index (χ1) is 6.59. The molecule has 0 N–H and O–H groups in total. The quantitative estimate of drug-likeness (QED) is 0.644. The molecule has 1 atom stereocenters. The van der Waals surface area contributed by atoms with Crippen molar-refractivity contribution in [1.82, 2.24) is 4.90 Å². The standard InChI is InChI=1S/C11H18FNO/c1-9(2)11(14)4-3-6-13-7-5-10(12)8-13/h3-4,9-10H,5-8H2,1-2H3/b4-3+. The highest BCUT2D eigenvalue weighted by Crippen LogP contribution is 2.11. The van der Waals surface area contributed by atoms with E-state index in [2.05, 4.69) is 0 Å². The lowest BCUT2D eigenvalue weighted by Gasteiger charge is -2.10. The third-order valence-electron chi connectivity index (χ3n) is 2.43. The molecule has 0 aromatic heterocycles. The molecule has 1 fully saturated rings. The fraction of sp³-hybridized carbons (Fsp3) is 0.727. The summed E-state index contributed by atoms with van der Waals surface area (Å²) in [5.74, 6) is 0.194. The highest BCUT2D eigenvalue weighted by Gasteiger charge is 2.20. The zero-order valence-electron chi connectivity index (χ0n) is 8.87. The van der Waals surface area contributed by atoms with Crippen LogP contribution in [0, 0.1) is 5.92 Å². The zero-order valence-corrected chi connectivity index (χ0v) is 8.87. The van der Waals surface area contributed by atoms with Crippen LogP contribution in [0.1, 0.15) is 20.3 Å². The van der Waals surface area contributed by atoms with Crippen molar-refractivity contribution in [3.63, 3.8) is 0 Å². The van der Waals surface area contributed by atoms with Gasteiger partial charge in [-0.25, -0.2) is 4.39 Å². The topological polar surface area (TPSA) is 20.3 Å². The van der Waals surface area contributed by atoms with Gasteiger partial charge in [0, 0.05) is 25.6 Å². The summed E-state index contributed by atoms with van der Waals surface area (Å²) in [6.45, 7) is 5.76. The van der Waals surface area contributed by atoms with Gasteiger partial charge in [0.25, 0.3) is 0 Å². The maximum absolute atomic E-state index is 12.8. The van der Waals surface area contributed by atoms with Crippen molar-refractivity contribution < 1.29 is 9.18 Å². The fourth-order valence-electron chi connectivity index (χ4n) is 1.46. The molecule has 80 valence electrons. The molecule has 1 saturated heterocycles. The Morgan fingerprint density at radius 3 is 2.86 bits per heavy atom. The van der Waals surface area contributed by atoms with Gasteiger partial charge in [0.1, 0.15) is 6.17 Å². The van der Waals surface area contributed by atoms with E-state index in [-0.39, 0.29) is 11.7 Å². The Labute approximate surface area is 84.8 Å². The van der Waals surface area contributed by atoms with Crippen LogP contribution in [0.2, 0.25) is 0 Å². The Kier molecular flexibility index (Phi) is 4.26. The first-order valence-electron chi connectivity index (χ1n) is 5.16. The average Bonchev–Trinajstić information content (AvgIpc) is 2.51. The van der Waals surface area contributed by atoms with Crippen LogP contribution in [-0.4, -0.2) is 36.5 Å². The van der Waals surface area contributed by atoms with Gasteiger partial charge >= 0.3 is 0 Å². The molecule has 0 spiro atoms. The number of ketones is 1. The van der Waals surface area contributed by atoms with Crippen LogP contribution >= 0.6 is 0 Å². The molecule has 0 radical (unpaired) electrons. The monoisotopic (exact) mass is 199 g/mol. The van der Waals surface area contributed by atoms with Crippen molar-refractivity contribution in [3.8, 4) is 0 Å².